The summed E-state index contributed by atoms with van der Waals surface area (Å²) < 4.78 is 39.4. The number of aromatic nitrogens is 6. The summed E-state index contributed by atoms with van der Waals surface area (Å²) in [6, 6.07) is 7.05. The molecule has 0 unspecified atom stereocenters. The van der Waals surface area contributed by atoms with Gasteiger partial charge in [0.05, 0.1) is 23.3 Å². The Bertz CT molecular complexity index is 1240. The predicted molar refractivity (Wildman–Crippen MR) is 100 cm³/mol. The van der Waals surface area contributed by atoms with Crippen LogP contribution < -0.4 is 5.73 Å². The van der Waals surface area contributed by atoms with Gasteiger partial charge < -0.3 is 10.6 Å². The van der Waals surface area contributed by atoms with E-state index in [-0.39, 0.29) is 18.4 Å². The maximum Gasteiger partial charge on any atom is 0.417 e. The highest BCUT2D eigenvalue weighted by Gasteiger charge is 2.30. The summed E-state index contributed by atoms with van der Waals surface area (Å²) >= 11 is 0. The van der Waals surface area contributed by atoms with Crippen molar-refractivity contribution < 1.29 is 18.0 Å². The van der Waals surface area contributed by atoms with Crippen LogP contribution in [0.1, 0.15) is 28.5 Å². The minimum absolute atomic E-state index is 0.0629. The van der Waals surface area contributed by atoms with Crippen molar-refractivity contribution in [3.05, 3.63) is 53.3 Å². The van der Waals surface area contributed by atoms with E-state index in [1.807, 2.05) is 0 Å². The molecular formula is C18H15F3N8O. The fourth-order valence-electron chi connectivity index (χ4n) is 3.02. The van der Waals surface area contributed by atoms with E-state index in [2.05, 4.69) is 25.5 Å². The number of nitrogens with two attached hydrogens (primary N) is 1. The van der Waals surface area contributed by atoms with E-state index in [0.717, 1.165) is 12.3 Å². The molecule has 4 aromatic rings. The molecule has 9 nitrogen and oxygen atoms in total. The van der Waals surface area contributed by atoms with Gasteiger partial charge in [-0.3, -0.25) is 9.78 Å². The number of amides is 1. The summed E-state index contributed by atoms with van der Waals surface area (Å²) in [6.07, 6.45) is -3.70. The van der Waals surface area contributed by atoms with Crippen LogP contribution in [0.15, 0.2) is 36.5 Å². The quantitative estimate of drug-likeness (QED) is 0.543. The maximum absolute atomic E-state index is 13.0. The molecule has 0 spiro atoms. The topological polar surface area (TPSA) is 115 Å². The summed E-state index contributed by atoms with van der Waals surface area (Å²) in [5.41, 5.74) is 6.56. The van der Waals surface area contributed by atoms with Crippen LogP contribution >= 0.6 is 0 Å². The average molecular weight is 416 g/mol. The van der Waals surface area contributed by atoms with Crippen LogP contribution in [0, 0.1) is 0 Å². The molecule has 0 bridgehead atoms. The van der Waals surface area contributed by atoms with E-state index >= 15 is 0 Å². The lowest BCUT2D eigenvalue weighted by Gasteiger charge is -2.21. The molecule has 0 saturated heterocycles. The third kappa shape index (κ3) is 3.47. The Kier molecular flexibility index (Phi) is 4.68. The standard InChI is InChI=1S/C18H15F3N8O/c1-2-28(9-12-5-4-11(8-23-12)18(19,20)21)16(30)10-3-6-14-13(7-10)15-25-26-27-29(15)17(22)24-14/h3-8H,2,9H2,1H3,(H2,22,24). The molecule has 3 heterocycles. The van der Waals surface area contributed by atoms with Crippen LogP contribution in [0.4, 0.5) is 19.1 Å². The zero-order chi connectivity index (χ0) is 21.5. The van der Waals surface area contributed by atoms with Gasteiger partial charge in [0.15, 0.2) is 5.65 Å². The fourth-order valence-corrected chi connectivity index (χ4v) is 3.02. The van der Waals surface area contributed by atoms with Gasteiger partial charge in [-0.1, -0.05) is 0 Å². The highest BCUT2D eigenvalue weighted by atomic mass is 19.4. The molecule has 0 saturated carbocycles. The number of rotatable bonds is 4. The number of fused-ring (bicyclic) bond motifs is 3. The van der Waals surface area contributed by atoms with Crippen molar-refractivity contribution in [1.29, 1.82) is 0 Å². The van der Waals surface area contributed by atoms with E-state index in [9.17, 15) is 18.0 Å². The van der Waals surface area contributed by atoms with Crippen molar-refractivity contribution in [2.75, 3.05) is 12.3 Å². The van der Waals surface area contributed by atoms with Gasteiger partial charge in [0.1, 0.15) is 0 Å². The third-order valence-corrected chi connectivity index (χ3v) is 4.58. The summed E-state index contributed by atoms with van der Waals surface area (Å²) in [4.78, 5) is 22.5. The molecule has 154 valence electrons. The number of tetrazole rings is 1. The lowest BCUT2D eigenvalue weighted by atomic mass is 10.1. The number of benzene rings is 1. The largest absolute Gasteiger partial charge is 0.417 e. The normalized spacial score (nSPS) is 11.9. The molecule has 0 aliphatic rings. The molecule has 2 N–H and O–H groups in total. The highest BCUT2D eigenvalue weighted by Crippen LogP contribution is 2.28. The first kappa shape index (κ1) is 19.5. The molecule has 30 heavy (non-hydrogen) atoms. The zero-order valence-electron chi connectivity index (χ0n) is 15.6. The number of carbonyl (C=O) groups is 1. The van der Waals surface area contributed by atoms with Gasteiger partial charge in [0.2, 0.25) is 5.95 Å². The Balaban J connectivity index is 1.63. The Morgan fingerprint density at radius 2 is 2.03 bits per heavy atom. The molecule has 3 aromatic heterocycles. The minimum Gasteiger partial charge on any atom is -0.368 e. The number of pyridine rings is 1. The second-order valence-corrected chi connectivity index (χ2v) is 6.47. The summed E-state index contributed by atoms with van der Waals surface area (Å²) in [7, 11) is 0. The number of nitrogens with zero attached hydrogens (tertiary/aromatic N) is 7. The first-order chi connectivity index (χ1) is 14.3. The van der Waals surface area contributed by atoms with Gasteiger partial charge in [0.25, 0.3) is 5.91 Å². The van der Waals surface area contributed by atoms with Crippen molar-refractivity contribution in [3.8, 4) is 0 Å². The number of hydrogen-bond donors (Lipinski definition) is 1. The summed E-state index contributed by atoms with van der Waals surface area (Å²) in [5, 5.41) is 11.8. The first-order valence-electron chi connectivity index (χ1n) is 8.86. The Morgan fingerprint density at radius 1 is 1.23 bits per heavy atom. The Labute approximate surface area is 167 Å². The highest BCUT2D eigenvalue weighted by molar-refractivity contribution is 6.01. The van der Waals surface area contributed by atoms with Gasteiger partial charge in [-0.2, -0.15) is 17.7 Å². The molecule has 0 atom stereocenters. The monoisotopic (exact) mass is 416 g/mol. The second kappa shape index (κ2) is 7.21. The van der Waals surface area contributed by atoms with Crippen molar-refractivity contribution in [2.45, 2.75) is 19.6 Å². The first-order valence-corrected chi connectivity index (χ1v) is 8.86. The van der Waals surface area contributed by atoms with Gasteiger partial charge in [-0.15, -0.1) is 5.10 Å². The number of halogens is 3. The van der Waals surface area contributed by atoms with Crippen molar-refractivity contribution in [3.63, 3.8) is 0 Å². The van der Waals surface area contributed by atoms with Crippen LogP contribution in [-0.4, -0.2) is 47.4 Å². The molecule has 12 heteroatoms. The number of anilines is 1. The van der Waals surface area contributed by atoms with Gasteiger partial charge in [-0.05, 0) is 47.7 Å². The van der Waals surface area contributed by atoms with Crippen LogP contribution in [0.3, 0.4) is 0 Å². The fraction of sp³-hybridized carbons (Fsp3) is 0.222. The van der Waals surface area contributed by atoms with E-state index in [0.29, 0.717) is 34.4 Å². The summed E-state index contributed by atoms with van der Waals surface area (Å²) in [5.74, 6) is -0.200. The predicted octanol–water partition coefficient (Wildman–Crippen LogP) is 2.33. The molecule has 0 radical (unpaired) electrons. The SMILES string of the molecule is CCN(Cc1ccc(C(F)(F)F)cn1)C(=O)c1ccc2nc(N)n3nnnc3c2c1. The Hall–Kier alpha value is -3.83. The molecule has 4 rings (SSSR count). The molecule has 1 amide bonds. The van der Waals surface area contributed by atoms with Crippen molar-refractivity contribution in [2.24, 2.45) is 0 Å². The molecule has 0 fully saturated rings. The molecule has 0 aliphatic heterocycles. The van der Waals surface area contributed by atoms with Gasteiger partial charge in [0, 0.05) is 23.7 Å². The number of alkyl halides is 3. The number of nitrogen functional groups attached to an aromatic ring is 1. The zero-order valence-corrected chi connectivity index (χ0v) is 15.6. The average Bonchev–Trinajstić information content (AvgIpc) is 3.22. The molecular weight excluding hydrogens is 401 g/mol. The van der Waals surface area contributed by atoms with E-state index in [1.54, 1.807) is 25.1 Å². The molecule has 0 aliphatic carbocycles. The maximum atomic E-state index is 13.0. The molecule has 1 aromatic carbocycles. The van der Waals surface area contributed by atoms with Crippen LogP contribution in [0.5, 0.6) is 0 Å². The van der Waals surface area contributed by atoms with E-state index in [1.165, 1.54) is 15.5 Å². The lowest BCUT2D eigenvalue weighted by molar-refractivity contribution is -0.137. The van der Waals surface area contributed by atoms with Crippen molar-refractivity contribution in [1.82, 2.24) is 34.9 Å². The lowest BCUT2D eigenvalue weighted by Crippen LogP contribution is -2.30. The number of carbonyl (C=O) groups excluding carboxylic acids is 1. The van der Waals surface area contributed by atoms with E-state index < -0.39 is 11.7 Å². The van der Waals surface area contributed by atoms with Gasteiger partial charge in [-0.25, -0.2) is 4.98 Å². The summed E-state index contributed by atoms with van der Waals surface area (Å²) in [6.45, 7) is 2.17. The second-order valence-electron chi connectivity index (χ2n) is 6.47. The minimum atomic E-state index is -4.46. The smallest absolute Gasteiger partial charge is 0.368 e. The van der Waals surface area contributed by atoms with Crippen LogP contribution in [-0.2, 0) is 12.7 Å². The Morgan fingerprint density at radius 3 is 2.70 bits per heavy atom. The number of hydrogen-bond acceptors (Lipinski definition) is 7. The van der Waals surface area contributed by atoms with Crippen LogP contribution in [0.2, 0.25) is 0 Å². The van der Waals surface area contributed by atoms with Crippen molar-refractivity contribution >= 4 is 28.4 Å². The van der Waals surface area contributed by atoms with E-state index in [4.69, 9.17) is 5.73 Å². The third-order valence-electron chi connectivity index (χ3n) is 4.58. The van der Waals surface area contributed by atoms with Gasteiger partial charge >= 0.3 is 6.18 Å². The van der Waals surface area contributed by atoms with Crippen LogP contribution in [0.25, 0.3) is 16.6 Å².